The molecule has 0 saturated carbocycles. The van der Waals surface area contributed by atoms with E-state index in [1.807, 2.05) is 0 Å². The molecule has 0 bridgehead atoms. The van der Waals surface area contributed by atoms with Gasteiger partial charge in [0.15, 0.2) is 0 Å². The van der Waals surface area contributed by atoms with E-state index < -0.39 is 17.7 Å². The molecule has 0 aromatic carbocycles. The second-order valence-corrected chi connectivity index (χ2v) is 3.03. The van der Waals surface area contributed by atoms with Gasteiger partial charge in [-0.15, -0.1) is 11.6 Å². The number of alkyl halides is 3. The van der Waals surface area contributed by atoms with Crippen LogP contribution in [0, 0.1) is 11.3 Å². The van der Waals surface area contributed by atoms with Gasteiger partial charge in [-0.25, -0.2) is 8.78 Å². The molecule has 6 heteroatoms. The van der Waals surface area contributed by atoms with Gasteiger partial charge >= 0.3 is 0 Å². The van der Waals surface area contributed by atoms with E-state index in [1.54, 1.807) is 6.07 Å². The molecule has 3 nitrogen and oxygen atoms in total. The van der Waals surface area contributed by atoms with Crippen molar-refractivity contribution in [2.45, 2.75) is 18.7 Å². The predicted octanol–water partition coefficient (Wildman–Crippen LogP) is 2.53. The van der Waals surface area contributed by atoms with Gasteiger partial charge in [0.25, 0.3) is 6.43 Å². The van der Waals surface area contributed by atoms with Gasteiger partial charge < -0.3 is 5.11 Å². The van der Waals surface area contributed by atoms with Crippen LogP contribution in [0.25, 0.3) is 0 Å². The molecule has 1 heterocycles. The lowest BCUT2D eigenvalue weighted by atomic mass is 10.1. The summed E-state index contributed by atoms with van der Waals surface area (Å²) in [5.74, 6) is -0.772. The van der Waals surface area contributed by atoms with Crippen LogP contribution < -0.4 is 0 Å². The van der Waals surface area contributed by atoms with Crippen molar-refractivity contribution in [2.24, 2.45) is 0 Å². The molecule has 0 amide bonds. The normalized spacial score (nSPS) is 10.3. The van der Waals surface area contributed by atoms with Crippen molar-refractivity contribution in [3.05, 3.63) is 23.0 Å². The summed E-state index contributed by atoms with van der Waals surface area (Å²) in [5.41, 5.74) is -0.533. The summed E-state index contributed by atoms with van der Waals surface area (Å²) < 4.78 is 25.2. The molecule has 0 unspecified atom stereocenters. The molecule has 0 saturated heterocycles. The summed E-state index contributed by atoms with van der Waals surface area (Å²) in [4.78, 5) is 3.69. The number of pyridine rings is 1. The smallest absolute Gasteiger partial charge is 0.267 e. The van der Waals surface area contributed by atoms with E-state index in [2.05, 4.69) is 4.98 Å². The van der Waals surface area contributed by atoms with E-state index in [4.69, 9.17) is 16.9 Å². The summed E-state index contributed by atoms with van der Waals surface area (Å²) in [6.07, 6.45) is -1.93. The third kappa shape index (κ3) is 2.34. The number of aromatic nitrogens is 1. The molecule has 1 N–H and O–H groups in total. The van der Waals surface area contributed by atoms with Crippen molar-refractivity contribution in [2.75, 3.05) is 0 Å². The SMILES string of the molecule is N#CCc1cnc(CCl)c(O)c1C(F)F. The maximum Gasteiger partial charge on any atom is 0.267 e. The highest BCUT2D eigenvalue weighted by Gasteiger charge is 2.21. The largest absolute Gasteiger partial charge is 0.505 e. The quantitative estimate of drug-likeness (QED) is 0.815. The third-order valence-electron chi connectivity index (χ3n) is 1.86. The molecule has 0 aliphatic rings. The van der Waals surface area contributed by atoms with Crippen LogP contribution in [0.1, 0.15) is 23.2 Å². The Labute approximate surface area is 89.9 Å². The van der Waals surface area contributed by atoms with Crippen LogP contribution in [-0.2, 0) is 12.3 Å². The van der Waals surface area contributed by atoms with Gasteiger partial charge in [-0.2, -0.15) is 5.26 Å². The van der Waals surface area contributed by atoms with Crippen LogP contribution in [0.5, 0.6) is 5.75 Å². The third-order valence-corrected chi connectivity index (χ3v) is 2.12. The van der Waals surface area contributed by atoms with Crippen molar-refractivity contribution < 1.29 is 13.9 Å². The Balaban J connectivity index is 3.32. The van der Waals surface area contributed by atoms with E-state index in [0.29, 0.717) is 0 Å². The average molecular weight is 233 g/mol. The molecule has 0 aliphatic heterocycles. The molecule has 80 valence electrons. The monoisotopic (exact) mass is 232 g/mol. The molecule has 1 aromatic rings. The fourth-order valence-corrected chi connectivity index (χ4v) is 1.36. The summed E-state index contributed by atoms with van der Waals surface area (Å²) in [5, 5.41) is 17.8. The Morgan fingerprint density at radius 3 is 2.73 bits per heavy atom. The summed E-state index contributed by atoms with van der Waals surface area (Å²) >= 11 is 5.41. The maximum atomic E-state index is 12.6. The zero-order chi connectivity index (χ0) is 11.4. The summed E-state index contributed by atoms with van der Waals surface area (Å²) in [7, 11) is 0. The van der Waals surface area contributed by atoms with Gasteiger partial charge in [0.05, 0.1) is 29.6 Å². The molecule has 1 rings (SSSR count). The van der Waals surface area contributed by atoms with Crippen molar-refractivity contribution in [1.29, 1.82) is 5.26 Å². The van der Waals surface area contributed by atoms with E-state index in [-0.39, 0.29) is 23.6 Å². The van der Waals surface area contributed by atoms with Crippen molar-refractivity contribution in [3.8, 4) is 11.8 Å². The first-order valence-electron chi connectivity index (χ1n) is 4.02. The molecule has 0 spiro atoms. The zero-order valence-corrected chi connectivity index (χ0v) is 8.30. The van der Waals surface area contributed by atoms with Crippen molar-refractivity contribution >= 4 is 11.6 Å². The van der Waals surface area contributed by atoms with Gasteiger partial charge in [-0.05, 0) is 5.56 Å². The molecule has 0 radical (unpaired) electrons. The van der Waals surface area contributed by atoms with Crippen LogP contribution >= 0.6 is 11.6 Å². The lowest BCUT2D eigenvalue weighted by Crippen LogP contribution is -2.00. The first-order chi connectivity index (χ1) is 7.11. The standard InChI is InChI=1S/C9H7ClF2N2O/c10-3-6-8(15)7(9(11)12)5(1-2-13)4-14-6/h4,9,15H,1,3H2. The van der Waals surface area contributed by atoms with Crippen molar-refractivity contribution in [1.82, 2.24) is 4.98 Å². The highest BCUT2D eigenvalue weighted by Crippen LogP contribution is 2.33. The zero-order valence-electron chi connectivity index (χ0n) is 7.54. The maximum absolute atomic E-state index is 12.6. The predicted molar refractivity (Wildman–Crippen MR) is 49.7 cm³/mol. The summed E-state index contributed by atoms with van der Waals surface area (Å²) in [6, 6.07) is 1.73. The number of rotatable bonds is 3. The number of hydrogen-bond donors (Lipinski definition) is 1. The highest BCUT2D eigenvalue weighted by molar-refractivity contribution is 6.17. The lowest BCUT2D eigenvalue weighted by molar-refractivity contribution is 0.146. The molecule has 0 aliphatic carbocycles. The van der Waals surface area contributed by atoms with Crippen molar-refractivity contribution in [3.63, 3.8) is 0 Å². The van der Waals surface area contributed by atoms with Crippen LogP contribution in [0.4, 0.5) is 8.78 Å². The fraction of sp³-hybridized carbons (Fsp3) is 0.333. The molecular weight excluding hydrogens is 226 g/mol. The van der Waals surface area contributed by atoms with Crippen LogP contribution in [0.2, 0.25) is 0 Å². The van der Waals surface area contributed by atoms with Gasteiger partial charge in [0.1, 0.15) is 5.75 Å². The first-order valence-corrected chi connectivity index (χ1v) is 4.56. The minimum absolute atomic E-state index is 0.00587. The molecular formula is C9H7ClF2N2O. The Morgan fingerprint density at radius 2 is 2.27 bits per heavy atom. The summed E-state index contributed by atoms with van der Waals surface area (Å²) in [6.45, 7) is 0. The Hall–Kier alpha value is -1.41. The Kier molecular flexibility index (Phi) is 3.81. The van der Waals surface area contributed by atoms with E-state index in [1.165, 1.54) is 0 Å². The highest BCUT2D eigenvalue weighted by atomic mass is 35.5. The molecule has 0 atom stereocenters. The fourth-order valence-electron chi connectivity index (χ4n) is 1.16. The van der Waals surface area contributed by atoms with Gasteiger partial charge in [-0.3, -0.25) is 4.98 Å². The van der Waals surface area contributed by atoms with E-state index in [0.717, 1.165) is 6.20 Å². The van der Waals surface area contributed by atoms with Crippen LogP contribution in [0.3, 0.4) is 0 Å². The number of nitriles is 1. The number of halogens is 3. The topological polar surface area (TPSA) is 56.9 Å². The lowest BCUT2D eigenvalue weighted by Gasteiger charge is -2.10. The number of hydrogen-bond acceptors (Lipinski definition) is 3. The molecule has 0 fully saturated rings. The minimum Gasteiger partial charge on any atom is -0.505 e. The van der Waals surface area contributed by atoms with Gasteiger partial charge in [0.2, 0.25) is 0 Å². The van der Waals surface area contributed by atoms with Crippen LogP contribution in [0.15, 0.2) is 6.20 Å². The average Bonchev–Trinajstić information content (AvgIpc) is 2.18. The number of nitrogens with zero attached hydrogens (tertiary/aromatic N) is 2. The van der Waals surface area contributed by atoms with E-state index >= 15 is 0 Å². The van der Waals surface area contributed by atoms with Crippen LogP contribution in [-0.4, -0.2) is 10.1 Å². The number of aromatic hydroxyl groups is 1. The molecule has 15 heavy (non-hydrogen) atoms. The molecule has 1 aromatic heterocycles. The second kappa shape index (κ2) is 4.89. The Morgan fingerprint density at radius 1 is 1.60 bits per heavy atom. The second-order valence-electron chi connectivity index (χ2n) is 2.76. The van der Waals surface area contributed by atoms with E-state index in [9.17, 15) is 13.9 Å². The first kappa shape index (κ1) is 11.7. The van der Waals surface area contributed by atoms with Gasteiger partial charge in [0, 0.05) is 6.20 Å². The Bertz CT molecular complexity index is 404. The van der Waals surface area contributed by atoms with Gasteiger partial charge in [-0.1, -0.05) is 0 Å². The minimum atomic E-state index is -2.85.